The van der Waals surface area contributed by atoms with Crippen LogP contribution in [0.2, 0.25) is 0 Å². The van der Waals surface area contributed by atoms with E-state index in [1.54, 1.807) is 6.07 Å². The van der Waals surface area contributed by atoms with Crippen LogP contribution in [0.5, 0.6) is 0 Å². The van der Waals surface area contributed by atoms with Gasteiger partial charge in [-0.15, -0.1) is 0 Å². The van der Waals surface area contributed by atoms with Gasteiger partial charge in [0.25, 0.3) is 0 Å². The molecule has 3 heteroatoms. The minimum absolute atomic E-state index is 0.116. The topological polar surface area (TPSA) is 15.3 Å². The summed E-state index contributed by atoms with van der Waals surface area (Å²) in [5, 5.41) is 3.50. The molecule has 0 saturated heterocycles. The number of fused-ring (bicyclic) bond motifs is 1. The molecule has 0 atom stereocenters. The van der Waals surface area contributed by atoms with Gasteiger partial charge in [0.15, 0.2) is 0 Å². The first-order valence-electron chi connectivity index (χ1n) is 8.13. The van der Waals surface area contributed by atoms with Crippen LogP contribution in [0.1, 0.15) is 29.5 Å². The largest absolute Gasteiger partial charge is 0.364 e. The first-order chi connectivity index (χ1) is 10.8. The standard InChI is InChI=1S/C19H21FN2/c20-18-8-5-14(12-21-17-6-7-17)11-19(18)22-10-9-15-3-1-2-4-16(15)13-22/h1-5,8,11,17,21H,6-7,9-10,12-13H2. The lowest BCUT2D eigenvalue weighted by atomic mass is 9.99. The Bertz CT molecular complexity index is 679. The van der Waals surface area contributed by atoms with Crippen molar-refractivity contribution >= 4 is 5.69 Å². The highest BCUT2D eigenvalue weighted by Gasteiger charge is 2.21. The molecule has 4 rings (SSSR count). The Morgan fingerprint density at radius 2 is 1.91 bits per heavy atom. The highest BCUT2D eigenvalue weighted by Crippen LogP contribution is 2.28. The molecule has 22 heavy (non-hydrogen) atoms. The number of anilines is 1. The summed E-state index contributed by atoms with van der Waals surface area (Å²) in [4.78, 5) is 2.16. The zero-order chi connectivity index (χ0) is 14.9. The second-order valence-corrected chi connectivity index (χ2v) is 6.38. The van der Waals surface area contributed by atoms with Gasteiger partial charge in [-0.05, 0) is 48.1 Å². The van der Waals surface area contributed by atoms with E-state index >= 15 is 0 Å². The van der Waals surface area contributed by atoms with E-state index in [0.29, 0.717) is 6.04 Å². The molecular formula is C19H21FN2. The van der Waals surface area contributed by atoms with E-state index in [2.05, 4.69) is 34.5 Å². The van der Waals surface area contributed by atoms with Crippen LogP contribution < -0.4 is 10.2 Å². The Hall–Kier alpha value is -1.87. The number of halogens is 1. The molecule has 2 aromatic rings. The van der Waals surface area contributed by atoms with Crippen molar-refractivity contribution < 1.29 is 4.39 Å². The number of nitrogens with zero attached hydrogens (tertiary/aromatic N) is 1. The Morgan fingerprint density at radius 1 is 1.09 bits per heavy atom. The first kappa shape index (κ1) is 13.8. The van der Waals surface area contributed by atoms with Crippen molar-refractivity contribution in [1.82, 2.24) is 5.32 Å². The third kappa shape index (κ3) is 2.86. The van der Waals surface area contributed by atoms with Crippen LogP contribution in [-0.4, -0.2) is 12.6 Å². The molecule has 2 aliphatic rings. The summed E-state index contributed by atoms with van der Waals surface area (Å²) >= 11 is 0. The SMILES string of the molecule is Fc1ccc(CNC2CC2)cc1N1CCc2ccccc2C1. The highest BCUT2D eigenvalue weighted by atomic mass is 19.1. The van der Waals surface area contributed by atoms with Crippen LogP contribution in [0.3, 0.4) is 0 Å². The van der Waals surface area contributed by atoms with Crippen molar-refractivity contribution in [3.05, 3.63) is 65.0 Å². The van der Waals surface area contributed by atoms with E-state index in [9.17, 15) is 4.39 Å². The lowest BCUT2D eigenvalue weighted by Gasteiger charge is -2.31. The molecule has 1 aliphatic heterocycles. The lowest BCUT2D eigenvalue weighted by molar-refractivity contribution is 0.607. The zero-order valence-corrected chi connectivity index (χ0v) is 12.7. The van der Waals surface area contributed by atoms with Crippen LogP contribution in [-0.2, 0) is 19.5 Å². The van der Waals surface area contributed by atoms with Gasteiger partial charge in [-0.3, -0.25) is 0 Å². The fraction of sp³-hybridized carbons (Fsp3) is 0.368. The third-order valence-electron chi connectivity index (χ3n) is 4.65. The van der Waals surface area contributed by atoms with Gasteiger partial charge in [0.05, 0.1) is 5.69 Å². The van der Waals surface area contributed by atoms with Crippen molar-refractivity contribution in [2.75, 3.05) is 11.4 Å². The average molecular weight is 296 g/mol. The second-order valence-electron chi connectivity index (χ2n) is 6.38. The molecule has 2 aromatic carbocycles. The molecule has 2 nitrogen and oxygen atoms in total. The third-order valence-corrected chi connectivity index (χ3v) is 4.65. The molecule has 0 radical (unpaired) electrons. The molecule has 0 bridgehead atoms. The Morgan fingerprint density at radius 3 is 2.73 bits per heavy atom. The Balaban J connectivity index is 1.55. The quantitative estimate of drug-likeness (QED) is 0.926. The minimum Gasteiger partial charge on any atom is -0.364 e. The maximum Gasteiger partial charge on any atom is 0.146 e. The summed E-state index contributed by atoms with van der Waals surface area (Å²) in [5.74, 6) is -0.116. The van der Waals surface area contributed by atoms with E-state index in [1.165, 1.54) is 29.5 Å². The monoisotopic (exact) mass is 296 g/mol. The molecule has 0 spiro atoms. The summed E-state index contributed by atoms with van der Waals surface area (Å²) in [5.41, 5.74) is 4.62. The van der Waals surface area contributed by atoms with E-state index in [-0.39, 0.29) is 5.82 Å². The number of hydrogen-bond acceptors (Lipinski definition) is 2. The molecule has 114 valence electrons. The van der Waals surface area contributed by atoms with Gasteiger partial charge in [0.1, 0.15) is 5.82 Å². The summed E-state index contributed by atoms with van der Waals surface area (Å²) in [6.45, 7) is 2.52. The van der Waals surface area contributed by atoms with Crippen LogP contribution in [0, 0.1) is 5.82 Å². The maximum atomic E-state index is 14.3. The van der Waals surface area contributed by atoms with Crippen molar-refractivity contribution in [1.29, 1.82) is 0 Å². The maximum absolute atomic E-state index is 14.3. The van der Waals surface area contributed by atoms with Crippen LogP contribution in [0.15, 0.2) is 42.5 Å². The summed E-state index contributed by atoms with van der Waals surface area (Å²) in [6, 6.07) is 14.7. The van der Waals surface area contributed by atoms with Crippen LogP contribution in [0.4, 0.5) is 10.1 Å². The van der Waals surface area contributed by atoms with Crippen LogP contribution in [0.25, 0.3) is 0 Å². The van der Waals surface area contributed by atoms with Gasteiger partial charge in [0, 0.05) is 25.7 Å². The molecule has 1 fully saturated rings. The summed E-state index contributed by atoms with van der Waals surface area (Å²) in [7, 11) is 0. The van der Waals surface area contributed by atoms with E-state index in [4.69, 9.17) is 0 Å². The molecular weight excluding hydrogens is 275 g/mol. The average Bonchev–Trinajstić information content (AvgIpc) is 3.38. The molecule has 0 unspecified atom stereocenters. The van der Waals surface area contributed by atoms with E-state index < -0.39 is 0 Å². The molecule has 1 aliphatic carbocycles. The Labute approximate surface area is 131 Å². The summed E-state index contributed by atoms with van der Waals surface area (Å²) in [6.07, 6.45) is 3.54. The van der Waals surface area contributed by atoms with E-state index in [1.807, 2.05) is 12.1 Å². The first-order valence-corrected chi connectivity index (χ1v) is 8.13. The zero-order valence-electron chi connectivity index (χ0n) is 12.7. The lowest BCUT2D eigenvalue weighted by Crippen LogP contribution is -2.31. The van der Waals surface area contributed by atoms with Gasteiger partial charge in [-0.2, -0.15) is 0 Å². The number of nitrogens with one attached hydrogen (secondary N) is 1. The summed E-state index contributed by atoms with van der Waals surface area (Å²) < 4.78 is 14.3. The van der Waals surface area contributed by atoms with Gasteiger partial charge in [-0.1, -0.05) is 30.3 Å². The van der Waals surface area contributed by atoms with Gasteiger partial charge >= 0.3 is 0 Å². The highest BCUT2D eigenvalue weighted by molar-refractivity contribution is 5.52. The number of rotatable bonds is 4. The number of hydrogen-bond donors (Lipinski definition) is 1. The van der Waals surface area contributed by atoms with Crippen molar-refractivity contribution in [2.24, 2.45) is 0 Å². The van der Waals surface area contributed by atoms with Gasteiger partial charge in [-0.25, -0.2) is 4.39 Å². The predicted octanol–water partition coefficient (Wildman–Crippen LogP) is 3.64. The fourth-order valence-corrected chi connectivity index (χ4v) is 3.16. The van der Waals surface area contributed by atoms with Crippen molar-refractivity contribution in [3.8, 4) is 0 Å². The normalized spacial score (nSPS) is 17.4. The smallest absolute Gasteiger partial charge is 0.146 e. The Kier molecular flexibility index (Phi) is 3.59. The molecule has 1 N–H and O–H groups in total. The molecule has 0 aromatic heterocycles. The van der Waals surface area contributed by atoms with Crippen molar-refractivity contribution in [2.45, 2.75) is 38.4 Å². The minimum atomic E-state index is -0.116. The molecule has 0 amide bonds. The van der Waals surface area contributed by atoms with Crippen molar-refractivity contribution in [3.63, 3.8) is 0 Å². The van der Waals surface area contributed by atoms with Gasteiger partial charge in [0.2, 0.25) is 0 Å². The van der Waals surface area contributed by atoms with E-state index in [0.717, 1.165) is 31.7 Å². The molecule has 1 heterocycles. The fourth-order valence-electron chi connectivity index (χ4n) is 3.16. The molecule has 1 saturated carbocycles. The second kappa shape index (κ2) is 5.73. The predicted molar refractivity (Wildman–Crippen MR) is 87.5 cm³/mol. The van der Waals surface area contributed by atoms with Gasteiger partial charge < -0.3 is 10.2 Å². The number of benzene rings is 2. The van der Waals surface area contributed by atoms with Crippen LogP contribution >= 0.6 is 0 Å².